The summed E-state index contributed by atoms with van der Waals surface area (Å²) in [6, 6.07) is 18.7. The Kier molecular flexibility index (Phi) is 4.71. The summed E-state index contributed by atoms with van der Waals surface area (Å²) in [6.45, 7) is 5.14. The second-order valence-corrected chi connectivity index (χ2v) is 7.01. The van der Waals surface area contributed by atoms with Crippen molar-refractivity contribution in [3.05, 3.63) is 66.0 Å². The number of carbonyl (C=O) groups is 1. The van der Waals surface area contributed by atoms with E-state index in [0.29, 0.717) is 6.54 Å². The van der Waals surface area contributed by atoms with Crippen LogP contribution in [0.5, 0.6) is 0 Å². The normalized spacial score (nSPS) is 17.7. The highest BCUT2D eigenvalue weighted by Crippen LogP contribution is 2.16. The van der Waals surface area contributed by atoms with Crippen LogP contribution in [0, 0.1) is 6.92 Å². The number of para-hydroxylation sites is 2. The van der Waals surface area contributed by atoms with E-state index in [0.717, 1.165) is 42.9 Å². The summed E-state index contributed by atoms with van der Waals surface area (Å²) in [5.41, 5.74) is 3.27. The monoisotopic (exact) mass is 348 g/mol. The molecule has 0 radical (unpaired) electrons. The summed E-state index contributed by atoms with van der Waals surface area (Å²) in [4.78, 5) is 19.5. The molecule has 1 aromatic heterocycles. The molecule has 0 saturated carbocycles. The van der Waals surface area contributed by atoms with Gasteiger partial charge in [0.2, 0.25) is 5.91 Å². The molecule has 5 heteroatoms. The Bertz CT molecular complexity index is 903. The Morgan fingerprint density at radius 2 is 1.92 bits per heavy atom. The molecule has 0 spiro atoms. The van der Waals surface area contributed by atoms with Gasteiger partial charge in [-0.05, 0) is 31.0 Å². The average Bonchev–Trinajstić information content (AvgIpc) is 3.20. The number of amides is 1. The van der Waals surface area contributed by atoms with Gasteiger partial charge in [-0.25, -0.2) is 4.98 Å². The quantitative estimate of drug-likeness (QED) is 0.771. The highest BCUT2D eigenvalue weighted by atomic mass is 16.2. The summed E-state index contributed by atoms with van der Waals surface area (Å²) < 4.78 is 1.99. The number of likely N-dealkylation sites (tertiary alicyclic amines) is 1. The van der Waals surface area contributed by atoms with Crippen LogP contribution in [0.3, 0.4) is 0 Å². The van der Waals surface area contributed by atoms with Gasteiger partial charge in [-0.2, -0.15) is 0 Å². The Morgan fingerprint density at radius 1 is 1.15 bits per heavy atom. The molecule has 5 nitrogen and oxygen atoms in total. The van der Waals surface area contributed by atoms with Crippen molar-refractivity contribution in [3.63, 3.8) is 0 Å². The molecular formula is C21H24N4O. The molecule has 1 atom stereocenters. The van der Waals surface area contributed by atoms with E-state index in [4.69, 9.17) is 0 Å². The molecule has 1 amide bonds. The Balaban J connectivity index is 1.34. The van der Waals surface area contributed by atoms with E-state index in [1.807, 2.05) is 41.8 Å². The van der Waals surface area contributed by atoms with Crippen LogP contribution in [0.4, 0.5) is 0 Å². The number of fused-ring (bicyclic) bond motifs is 1. The fourth-order valence-corrected chi connectivity index (χ4v) is 3.75. The number of aromatic nitrogens is 2. The molecule has 4 rings (SSSR count). The summed E-state index contributed by atoms with van der Waals surface area (Å²) in [5, 5.41) is 3.20. The number of hydrogen-bond donors (Lipinski definition) is 1. The minimum Gasteiger partial charge on any atom is -0.350 e. The van der Waals surface area contributed by atoms with Gasteiger partial charge in [-0.15, -0.1) is 0 Å². The number of carbonyl (C=O) groups excluding carboxylic acids is 1. The fraction of sp³-hybridized carbons (Fsp3) is 0.333. The number of rotatable bonds is 5. The zero-order valence-corrected chi connectivity index (χ0v) is 15.1. The van der Waals surface area contributed by atoms with Crippen molar-refractivity contribution in [2.24, 2.45) is 0 Å². The smallest absolute Gasteiger partial charge is 0.240 e. The Labute approximate surface area is 153 Å². The van der Waals surface area contributed by atoms with E-state index in [2.05, 4.69) is 39.5 Å². The lowest BCUT2D eigenvalue weighted by Gasteiger charge is -2.17. The van der Waals surface area contributed by atoms with Crippen molar-refractivity contribution >= 4 is 16.9 Å². The van der Waals surface area contributed by atoms with Crippen LogP contribution < -0.4 is 5.32 Å². The van der Waals surface area contributed by atoms with Gasteiger partial charge in [0.05, 0.1) is 11.0 Å². The highest BCUT2D eigenvalue weighted by molar-refractivity contribution is 5.81. The molecule has 134 valence electrons. The van der Waals surface area contributed by atoms with E-state index < -0.39 is 0 Å². The first kappa shape index (κ1) is 16.8. The van der Waals surface area contributed by atoms with Crippen molar-refractivity contribution in [2.75, 3.05) is 13.1 Å². The van der Waals surface area contributed by atoms with Crippen LogP contribution in [-0.2, 0) is 17.9 Å². The molecule has 2 aromatic carbocycles. The topological polar surface area (TPSA) is 50.2 Å². The van der Waals surface area contributed by atoms with E-state index in [-0.39, 0.29) is 11.9 Å². The van der Waals surface area contributed by atoms with Crippen molar-refractivity contribution in [1.82, 2.24) is 19.8 Å². The van der Waals surface area contributed by atoms with Gasteiger partial charge >= 0.3 is 0 Å². The predicted molar refractivity (Wildman–Crippen MR) is 103 cm³/mol. The van der Waals surface area contributed by atoms with E-state index >= 15 is 0 Å². The SMILES string of the molecule is Cc1nc2ccccc2n1CC(=O)NC1CCN(Cc2ccccc2)C1. The molecule has 1 fully saturated rings. The maximum atomic E-state index is 12.5. The van der Waals surface area contributed by atoms with Gasteiger partial charge < -0.3 is 9.88 Å². The molecule has 1 unspecified atom stereocenters. The van der Waals surface area contributed by atoms with Crippen LogP contribution in [-0.4, -0.2) is 39.5 Å². The lowest BCUT2D eigenvalue weighted by molar-refractivity contribution is -0.122. The number of nitrogens with zero attached hydrogens (tertiary/aromatic N) is 3. The molecule has 0 bridgehead atoms. The summed E-state index contributed by atoms with van der Waals surface area (Å²) in [6.07, 6.45) is 1.00. The standard InChI is InChI=1S/C21H24N4O/c1-16-22-19-9-5-6-10-20(19)25(16)15-21(26)23-18-11-12-24(14-18)13-17-7-3-2-4-8-17/h2-10,18H,11-15H2,1H3,(H,23,26). The number of hydrogen-bond acceptors (Lipinski definition) is 3. The highest BCUT2D eigenvalue weighted by Gasteiger charge is 2.24. The van der Waals surface area contributed by atoms with Gasteiger partial charge in [-0.1, -0.05) is 42.5 Å². The van der Waals surface area contributed by atoms with Crippen molar-refractivity contribution in [2.45, 2.75) is 32.5 Å². The second-order valence-electron chi connectivity index (χ2n) is 7.01. The lowest BCUT2D eigenvalue weighted by Crippen LogP contribution is -2.38. The van der Waals surface area contributed by atoms with E-state index in [1.165, 1.54) is 5.56 Å². The minimum atomic E-state index is 0.0582. The third-order valence-electron chi connectivity index (χ3n) is 5.03. The number of nitrogens with one attached hydrogen (secondary N) is 1. The third-order valence-corrected chi connectivity index (χ3v) is 5.03. The minimum absolute atomic E-state index is 0.0582. The second kappa shape index (κ2) is 7.30. The van der Waals surface area contributed by atoms with Crippen molar-refractivity contribution in [1.29, 1.82) is 0 Å². The van der Waals surface area contributed by atoms with Crippen LogP contribution in [0.2, 0.25) is 0 Å². The van der Waals surface area contributed by atoms with Crippen LogP contribution in [0.25, 0.3) is 11.0 Å². The molecule has 26 heavy (non-hydrogen) atoms. The maximum absolute atomic E-state index is 12.5. The number of aryl methyl sites for hydroxylation is 1. The fourth-order valence-electron chi connectivity index (χ4n) is 3.75. The van der Waals surface area contributed by atoms with Crippen LogP contribution >= 0.6 is 0 Å². The molecule has 1 saturated heterocycles. The zero-order valence-electron chi connectivity index (χ0n) is 15.1. The molecule has 1 aliphatic heterocycles. The van der Waals surface area contributed by atoms with Crippen LogP contribution in [0.15, 0.2) is 54.6 Å². The van der Waals surface area contributed by atoms with E-state index in [1.54, 1.807) is 0 Å². The first-order valence-electron chi connectivity index (χ1n) is 9.16. The van der Waals surface area contributed by atoms with Crippen LogP contribution in [0.1, 0.15) is 17.8 Å². The zero-order chi connectivity index (χ0) is 17.9. The largest absolute Gasteiger partial charge is 0.350 e. The number of imidazole rings is 1. The predicted octanol–water partition coefficient (Wildman–Crippen LogP) is 2.74. The number of benzene rings is 2. The van der Waals surface area contributed by atoms with Gasteiger partial charge in [-0.3, -0.25) is 9.69 Å². The first-order valence-corrected chi connectivity index (χ1v) is 9.16. The molecular weight excluding hydrogens is 324 g/mol. The van der Waals surface area contributed by atoms with Gasteiger partial charge in [0.25, 0.3) is 0 Å². The molecule has 1 aliphatic rings. The molecule has 1 N–H and O–H groups in total. The van der Waals surface area contributed by atoms with Crippen molar-refractivity contribution in [3.8, 4) is 0 Å². The molecule has 0 aliphatic carbocycles. The van der Waals surface area contributed by atoms with E-state index in [9.17, 15) is 4.79 Å². The summed E-state index contributed by atoms with van der Waals surface area (Å²) >= 11 is 0. The van der Waals surface area contributed by atoms with Crippen molar-refractivity contribution < 1.29 is 4.79 Å². The first-order chi connectivity index (χ1) is 12.7. The third kappa shape index (κ3) is 3.63. The Morgan fingerprint density at radius 3 is 2.77 bits per heavy atom. The lowest BCUT2D eigenvalue weighted by atomic mass is 10.2. The van der Waals surface area contributed by atoms with Gasteiger partial charge in [0.1, 0.15) is 12.4 Å². The summed E-state index contributed by atoms with van der Waals surface area (Å²) in [5.74, 6) is 0.932. The molecule has 3 aromatic rings. The summed E-state index contributed by atoms with van der Waals surface area (Å²) in [7, 11) is 0. The maximum Gasteiger partial charge on any atom is 0.240 e. The Hall–Kier alpha value is -2.66. The van der Waals surface area contributed by atoms with Gasteiger partial charge in [0.15, 0.2) is 0 Å². The van der Waals surface area contributed by atoms with Gasteiger partial charge in [0, 0.05) is 25.7 Å². The molecule has 2 heterocycles. The average molecular weight is 348 g/mol.